The SMILES string of the molecule is c1ccc(-c2ccc(-c3nc(-c4cc5ccccc5c5c4sc4c(-n6c7ccccc7c7ccccc76)cccc45)nc4ccccc34)cc2)cc1. The van der Waals surface area contributed by atoms with Gasteiger partial charge in [0.05, 0.1) is 32.6 Å². The molecule has 0 spiro atoms. The third-order valence-corrected chi connectivity index (χ3v) is 11.7. The van der Waals surface area contributed by atoms with Crippen LogP contribution >= 0.6 is 11.3 Å². The summed E-state index contributed by atoms with van der Waals surface area (Å²) in [6.07, 6.45) is 0. The third-order valence-electron chi connectivity index (χ3n) is 10.4. The van der Waals surface area contributed by atoms with E-state index in [1.165, 1.54) is 69.6 Å². The molecule has 242 valence electrons. The predicted octanol–water partition coefficient (Wildman–Crippen LogP) is 13.2. The Morgan fingerprint density at radius 1 is 0.423 bits per heavy atom. The summed E-state index contributed by atoms with van der Waals surface area (Å²) >= 11 is 1.85. The Bertz CT molecular complexity index is 3120. The van der Waals surface area contributed by atoms with Crippen LogP contribution < -0.4 is 0 Å². The summed E-state index contributed by atoms with van der Waals surface area (Å²) in [6, 6.07) is 62.9. The maximum absolute atomic E-state index is 5.42. The first kappa shape index (κ1) is 29.1. The van der Waals surface area contributed by atoms with E-state index in [1.807, 2.05) is 11.3 Å². The molecule has 0 bridgehead atoms. The highest BCUT2D eigenvalue weighted by Crippen LogP contribution is 2.47. The van der Waals surface area contributed by atoms with Gasteiger partial charge in [0.25, 0.3) is 0 Å². The Morgan fingerprint density at radius 2 is 1.02 bits per heavy atom. The van der Waals surface area contributed by atoms with E-state index in [0.717, 1.165) is 33.5 Å². The molecule has 0 N–H and O–H groups in total. The van der Waals surface area contributed by atoms with Crippen LogP contribution in [0.25, 0.3) is 103 Å². The van der Waals surface area contributed by atoms with Crippen LogP contribution in [0.4, 0.5) is 0 Å². The molecule has 0 fully saturated rings. The Balaban J connectivity index is 1.19. The van der Waals surface area contributed by atoms with E-state index in [2.05, 4.69) is 180 Å². The van der Waals surface area contributed by atoms with E-state index in [1.54, 1.807) is 0 Å². The van der Waals surface area contributed by atoms with Crippen LogP contribution in [0.1, 0.15) is 0 Å². The summed E-state index contributed by atoms with van der Waals surface area (Å²) in [6.45, 7) is 0. The first-order valence-corrected chi connectivity index (χ1v) is 18.4. The minimum Gasteiger partial charge on any atom is -0.308 e. The van der Waals surface area contributed by atoms with Crippen LogP contribution in [0.2, 0.25) is 0 Å². The van der Waals surface area contributed by atoms with Crippen molar-refractivity contribution in [3.63, 3.8) is 0 Å². The van der Waals surface area contributed by atoms with E-state index >= 15 is 0 Å². The summed E-state index contributed by atoms with van der Waals surface area (Å²) in [5.41, 5.74) is 9.98. The number of aromatic nitrogens is 3. The normalized spacial score (nSPS) is 11.8. The van der Waals surface area contributed by atoms with E-state index in [0.29, 0.717) is 0 Å². The Kier molecular flexibility index (Phi) is 6.42. The number of benzene rings is 8. The number of thiophene rings is 1. The number of nitrogens with zero attached hydrogens (tertiary/aromatic N) is 3. The third kappa shape index (κ3) is 4.38. The fourth-order valence-corrected chi connectivity index (χ4v) is 9.36. The van der Waals surface area contributed by atoms with E-state index < -0.39 is 0 Å². The van der Waals surface area contributed by atoms with Crippen LogP contribution in [-0.2, 0) is 0 Å². The fourth-order valence-electron chi connectivity index (χ4n) is 8.03. The van der Waals surface area contributed by atoms with Gasteiger partial charge in [0.1, 0.15) is 0 Å². The second-order valence-electron chi connectivity index (χ2n) is 13.3. The quantitative estimate of drug-likeness (QED) is 0.185. The smallest absolute Gasteiger partial charge is 0.161 e. The summed E-state index contributed by atoms with van der Waals surface area (Å²) < 4.78 is 4.88. The number of hydrogen-bond donors (Lipinski definition) is 0. The molecule has 0 saturated heterocycles. The molecule has 0 aliphatic carbocycles. The van der Waals surface area contributed by atoms with Crippen molar-refractivity contribution in [3.05, 3.63) is 176 Å². The van der Waals surface area contributed by atoms with Crippen LogP contribution in [0, 0.1) is 0 Å². The van der Waals surface area contributed by atoms with Gasteiger partial charge < -0.3 is 4.57 Å². The molecule has 11 rings (SSSR count). The molecule has 0 saturated carbocycles. The summed E-state index contributed by atoms with van der Waals surface area (Å²) in [5, 5.41) is 8.48. The summed E-state index contributed by atoms with van der Waals surface area (Å²) in [7, 11) is 0. The van der Waals surface area contributed by atoms with Crippen molar-refractivity contribution in [3.8, 4) is 39.5 Å². The second-order valence-corrected chi connectivity index (χ2v) is 14.4. The molecule has 8 aromatic carbocycles. The Hall–Kier alpha value is -6.62. The van der Waals surface area contributed by atoms with Crippen LogP contribution in [-0.4, -0.2) is 14.5 Å². The highest BCUT2D eigenvalue weighted by atomic mass is 32.1. The molecular weight excluding hydrogens is 651 g/mol. The number of rotatable bonds is 4. The van der Waals surface area contributed by atoms with Gasteiger partial charge in [-0.15, -0.1) is 11.3 Å². The van der Waals surface area contributed by atoms with Crippen LogP contribution in [0.15, 0.2) is 176 Å². The zero-order valence-electron chi connectivity index (χ0n) is 28.0. The molecule has 0 aliphatic rings. The number of para-hydroxylation sites is 3. The zero-order valence-corrected chi connectivity index (χ0v) is 28.8. The second kappa shape index (κ2) is 11.5. The van der Waals surface area contributed by atoms with Gasteiger partial charge in [-0.3, -0.25) is 0 Å². The average Bonchev–Trinajstić information content (AvgIpc) is 3.77. The van der Waals surface area contributed by atoms with Crippen molar-refractivity contribution in [2.24, 2.45) is 0 Å². The molecule has 0 atom stereocenters. The molecule has 0 amide bonds. The first-order valence-electron chi connectivity index (χ1n) is 17.6. The molecule has 11 aromatic rings. The van der Waals surface area contributed by atoms with Crippen molar-refractivity contribution >= 4 is 75.0 Å². The zero-order chi connectivity index (χ0) is 34.2. The summed E-state index contributed by atoms with van der Waals surface area (Å²) in [4.78, 5) is 10.7. The fraction of sp³-hybridized carbons (Fsp3) is 0. The minimum absolute atomic E-state index is 0.738. The maximum atomic E-state index is 5.42. The Morgan fingerprint density at radius 3 is 1.79 bits per heavy atom. The largest absolute Gasteiger partial charge is 0.308 e. The molecule has 3 nitrogen and oxygen atoms in total. The van der Waals surface area contributed by atoms with Gasteiger partial charge in [0.15, 0.2) is 5.82 Å². The predicted molar refractivity (Wildman–Crippen MR) is 221 cm³/mol. The maximum Gasteiger partial charge on any atom is 0.161 e. The van der Waals surface area contributed by atoms with Crippen LogP contribution in [0.5, 0.6) is 0 Å². The van der Waals surface area contributed by atoms with Crippen molar-refractivity contribution in [1.82, 2.24) is 14.5 Å². The first-order chi connectivity index (χ1) is 25.8. The highest BCUT2D eigenvalue weighted by molar-refractivity contribution is 7.27. The number of fused-ring (bicyclic) bond motifs is 9. The molecule has 0 aliphatic heterocycles. The molecule has 52 heavy (non-hydrogen) atoms. The highest BCUT2D eigenvalue weighted by Gasteiger charge is 2.21. The Labute approximate surface area is 303 Å². The van der Waals surface area contributed by atoms with Gasteiger partial charge in [-0.25, -0.2) is 9.97 Å². The van der Waals surface area contributed by atoms with Gasteiger partial charge in [-0.2, -0.15) is 0 Å². The monoisotopic (exact) mass is 679 g/mol. The van der Waals surface area contributed by atoms with E-state index in [9.17, 15) is 0 Å². The van der Waals surface area contributed by atoms with Gasteiger partial charge >= 0.3 is 0 Å². The van der Waals surface area contributed by atoms with Crippen molar-refractivity contribution in [1.29, 1.82) is 0 Å². The van der Waals surface area contributed by atoms with Crippen molar-refractivity contribution in [2.45, 2.75) is 0 Å². The minimum atomic E-state index is 0.738. The molecule has 3 heterocycles. The molecule has 0 unspecified atom stereocenters. The van der Waals surface area contributed by atoms with Gasteiger partial charge in [-0.1, -0.05) is 146 Å². The van der Waals surface area contributed by atoms with Crippen molar-refractivity contribution in [2.75, 3.05) is 0 Å². The van der Waals surface area contributed by atoms with E-state index in [-0.39, 0.29) is 0 Å². The van der Waals surface area contributed by atoms with Crippen LogP contribution in [0.3, 0.4) is 0 Å². The topological polar surface area (TPSA) is 30.7 Å². The average molecular weight is 680 g/mol. The van der Waals surface area contributed by atoms with E-state index in [4.69, 9.17) is 9.97 Å². The van der Waals surface area contributed by atoms with Gasteiger partial charge in [0, 0.05) is 42.8 Å². The lowest BCUT2D eigenvalue weighted by Crippen LogP contribution is -1.95. The standard InChI is InChI=1S/C48H29N3S/c1-2-13-30(14-3-1)31-25-27-32(28-26-31)45-37-19-6-9-21-40(37)49-48(50-45)39-29-33-15-4-5-16-34(33)44-38-20-12-24-43(46(38)52-47(39)44)51-41-22-10-7-17-35(41)36-18-8-11-23-42(36)51/h1-29H. The van der Waals surface area contributed by atoms with Gasteiger partial charge in [-0.05, 0) is 52.2 Å². The summed E-state index contributed by atoms with van der Waals surface area (Å²) in [5.74, 6) is 0.738. The molecule has 3 aromatic heterocycles. The lowest BCUT2D eigenvalue weighted by Gasteiger charge is -2.12. The van der Waals surface area contributed by atoms with Crippen molar-refractivity contribution < 1.29 is 0 Å². The molecule has 4 heteroatoms. The number of hydrogen-bond acceptors (Lipinski definition) is 3. The molecular formula is C48H29N3S. The van der Waals surface area contributed by atoms with Gasteiger partial charge in [0.2, 0.25) is 0 Å². The lowest BCUT2D eigenvalue weighted by atomic mass is 9.99. The molecule has 0 radical (unpaired) electrons. The lowest BCUT2D eigenvalue weighted by molar-refractivity contribution is 1.20.